The lowest BCUT2D eigenvalue weighted by molar-refractivity contribution is -0.124. The molecule has 0 radical (unpaired) electrons. The molecule has 0 saturated carbocycles. The van der Waals surface area contributed by atoms with E-state index in [4.69, 9.17) is 0 Å². The van der Waals surface area contributed by atoms with Crippen LogP contribution in [0, 0.1) is 0 Å². The van der Waals surface area contributed by atoms with E-state index in [1.54, 1.807) is 0 Å². The largest absolute Gasteiger partial charge is 0.349 e. The molecular weight excluding hydrogens is 286 g/mol. The van der Waals surface area contributed by atoms with Crippen LogP contribution in [0.15, 0.2) is 0 Å². The van der Waals surface area contributed by atoms with E-state index in [1.807, 2.05) is 0 Å². The SMILES string of the molecule is CCCCCCCCCCCCCCCCC(=O)NCC(C)=O. The van der Waals surface area contributed by atoms with Gasteiger partial charge in [-0.25, -0.2) is 0 Å². The third kappa shape index (κ3) is 19.1. The summed E-state index contributed by atoms with van der Waals surface area (Å²) in [6.45, 7) is 3.94. The molecule has 0 spiro atoms. The number of hydrogen-bond donors (Lipinski definition) is 1. The fourth-order valence-corrected chi connectivity index (χ4v) is 2.79. The smallest absolute Gasteiger partial charge is 0.220 e. The molecular formula is C20H39NO2. The van der Waals surface area contributed by atoms with Crippen LogP contribution < -0.4 is 5.32 Å². The Hall–Kier alpha value is -0.860. The number of carbonyl (C=O) groups is 2. The van der Waals surface area contributed by atoms with E-state index in [2.05, 4.69) is 12.2 Å². The van der Waals surface area contributed by atoms with Gasteiger partial charge in [-0.2, -0.15) is 0 Å². The minimum absolute atomic E-state index is 0.0131. The number of ketones is 1. The van der Waals surface area contributed by atoms with Gasteiger partial charge in [-0.15, -0.1) is 0 Å². The van der Waals surface area contributed by atoms with Crippen molar-refractivity contribution in [1.29, 1.82) is 0 Å². The first-order valence-electron chi connectivity index (χ1n) is 9.93. The number of rotatable bonds is 17. The highest BCUT2D eigenvalue weighted by atomic mass is 16.2. The van der Waals surface area contributed by atoms with Gasteiger partial charge in [0.15, 0.2) is 0 Å². The first kappa shape index (κ1) is 22.1. The van der Waals surface area contributed by atoms with Crippen molar-refractivity contribution in [3.05, 3.63) is 0 Å². The molecule has 23 heavy (non-hydrogen) atoms. The highest BCUT2D eigenvalue weighted by Crippen LogP contribution is 2.13. The maximum Gasteiger partial charge on any atom is 0.220 e. The summed E-state index contributed by atoms with van der Waals surface area (Å²) in [6, 6.07) is 0. The van der Waals surface area contributed by atoms with Crippen LogP contribution in [0.4, 0.5) is 0 Å². The van der Waals surface area contributed by atoms with Crippen molar-refractivity contribution in [2.45, 2.75) is 110 Å². The first-order valence-corrected chi connectivity index (χ1v) is 9.93. The van der Waals surface area contributed by atoms with Gasteiger partial charge < -0.3 is 5.32 Å². The molecule has 1 N–H and O–H groups in total. The maximum absolute atomic E-state index is 11.4. The molecule has 1 amide bonds. The molecule has 0 aromatic heterocycles. The Morgan fingerprint density at radius 1 is 0.652 bits per heavy atom. The van der Waals surface area contributed by atoms with E-state index in [9.17, 15) is 9.59 Å². The van der Waals surface area contributed by atoms with Gasteiger partial charge >= 0.3 is 0 Å². The van der Waals surface area contributed by atoms with Crippen molar-refractivity contribution >= 4 is 11.7 Å². The summed E-state index contributed by atoms with van der Waals surface area (Å²) in [5, 5.41) is 2.64. The fraction of sp³-hybridized carbons (Fsp3) is 0.900. The number of Topliss-reactive ketones (excluding diaryl/α,β-unsaturated/α-hetero) is 1. The Morgan fingerprint density at radius 3 is 1.43 bits per heavy atom. The Morgan fingerprint density at radius 2 is 1.04 bits per heavy atom. The summed E-state index contributed by atoms with van der Waals surface area (Å²) < 4.78 is 0. The van der Waals surface area contributed by atoms with E-state index >= 15 is 0 Å². The zero-order chi connectivity index (χ0) is 17.2. The summed E-state index contributed by atoms with van der Waals surface area (Å²) in [6.07, 6.45) is 19.1. The second-order valence-electron chi connectivity index (χ2n) is 6.82. The topological polar surface area (TPSA) is 46.2 Å². The van der Waals surface area contributed by atoms with E-state index in [1.165, 1.54) is 84.0 Å². The van der Waals surface area contributed by atoms with Crippen LogP contribution in [0.3, 0.4) is 0 Å². The summed E-state index contributed by atoms with van der Waals surface area (Å²) in [5.74, 6) is 0.0263. The average Bonchev–Trinajstić information content (AvgIpc) is 2.53. The molecule has 0 rings (SSSR count). The molecule has 0 atom stereocenters. The number of amides is 1. The standard InChI is InChI=1S/C20H39NO2/c1-3-4-5-6-7-8-9-10-11-12-13-14-15-16-17-20(23)21-18-19(2)22/h3-18H2,1-2H3,(H,21,23). The summed E-state index contributed by atoms with van der Waals surface area (Å²) in [4.78, 5) is 22.1. The van der Waals surface area contributed by atoms with Crippen LogP contribution in [0.1, 0.15) is 110 Å². The number of hydrogen-bond acceptors (Lipinski definition) is 2. The molecule has 3 nitrogen and oxygen atoms in total. The number of carbonyl (C=O) groups excluding carboxylic acids is 2. The van der Waals surface area contributed by atoms with Gasteiger partial charge in [0.05, 0.1) is 6.54 Å². The van der Waals surface area contributed by atoms with Gasteiger partial charge in [-0.1, -0.05) is 90.4 Å². The third-order valence-corrected chi connectivity index (χ3v) is 4.29. The molecule has 0 saturated heterocycles. The summed E-state index contributed by atoms with van der Waals surface area (Å²) in [5.41, 5.74) is 0. The van der Waals surface area contributed by atoms with Crippen molar-refractivity contribution in [3.63, 3.8) is 0 Å². The van der Waals surface area contributed by atoms with E-state index in [0.717, 1.165) is 12.8 Å². The Bertz CT molecular complexity index is 289. The zero-order valence-electron chi connectivity index (χ0n) is 15.6. The van der Waals surface area contributed by atoms with Crippen molar-refractivity contribution in [2.24, 2.45) is 0 Å². The molecule has 0 unspecified atom stereocenters. The van der Waals surface area contributed by atoms with Gasteiger partial charge in [-0.05, 0) is 13.3 Å². The predicted octanol–water partition coefficient (Wildman–Crippen LogP) is 5.56. The highest BCUT2D eigenvalue weighted by Gasteiger charge is 2.01. The zero-order valence-corrected chi connectivity index (χ0v) is 15.6. The third-order valence-electron chi connectivity index (χ3n) is 4.29. The van der Waals surface area contributed by atoms with Gasteiger partial charge in [0.25, 0.3) is 0 Å². The van der Waals surface area contributed by atoms with E-state index < -0.39 is 0 Å². The lowest BCUT2D eigenvalue weighted by Crippen LogP contribution is -2.27. The van der Waals surface area contributed by atoms with Gasteiger partial charge in [0, 0.05) is 6.42 Å². The molecule has 0 aliphatic rings. The minimum atomic E-state index is 0.0131. The van der Waals surface area contributed by atoms with Gasteiger partial charge in [0.2, 0.25) is 5.91 Å². The van der Waals surface area contributed by atoms with Crippen LogP contribution in [-0.2, 0) is 9.59 Å². The van der Waals surface area contributed by atoms with Crippen molar-refractivity contribution < 1.29 is 9.59 Å². The number of nitrogens with one attached hydrogen (secondary N) is 1. The molecule has 0 aromatic rings. The molecule has 0 aromatic carbocycles. The van der Waals surface area contributed by atoms with Crippen LogP contribution >= 0.6 is 0 Å². The molecule has 0 bridgehead atoms. The Labute approximate surface area is 144 Å². The quantitative estimate of drug-likeness (QED) is 0.356. The lowest BCUT2D eigenvalue weighted by Gasteiger charge is -2.04. The van der Waals surface area contributed by atoms with Crippen LogP contribution in [-0.4, -0.2) is 18.2 Å². The highest BCUT2D eigenvalue weighted by molar-refractivity contribution is 5.84. The normalized spacial score (nSPS) is 10.7. The van der Waals surface area contributed by atoms with Gasteiger partial charge in [0.1, 0.15) is 5.78 Å². The summed E-state index contributed by atoms with van der Waals surface area (Å²) >= 11 is 0. The molecule has 136 valence electrons. The number of unbranched alkanes of at least 4 members (excludes halogenated alkanes) is 13. The Balaban J connectivity index is 3.10. The van der Waals surface area contributed by atoms with Crippen LogP contribution in [0.5, 0.6) is 0 Å². The van der Waals surface area contributed by atoms with E-state index in [0.29, 0.717) is 6.42 Å². The summed E-state index contributed by atoms with van der Waals surface area (Å²) in [7, 11) is 0. The van der Waals surface area contributed by atoms with Crippen LogP contribution in [0.2, 0.25) is 0 Å². The lowest BCUT2D eigenvalue weighted by atomic mass is 10.0. The van der Waals surface area contributed by atoms with Crippen molar-refractivity contribution in [3.8, 4) is 0 Å². The van der Waals surface area contributed by atoms with Crippen molar-refractivity contribution in [2.75, 3.05) is 6.54 Å². The van der Waals surface area contributed by atoms with E-state index in [-0.39, 0.29) is 18.2 Å². The average molecular weight is 326 g/mol. The molecule has 0 heterocycles. The molecule has 3 heteroatoms. The molecule has 0 aliphatic carbocycles. The predicted molar refractivity (Wildman–Crippen MR) is 98.6 cm³/mol. The van der Waals surface area contributed by atoms with Gasteiger partial charge in [-0.3, -0.25) is 9.59 Å². The maximum atomic E-state index is 11.4. The second-order valence-corrected chi connectivity index (χ2v) is 6.82. The minimum Gasteiger partial charge on any atom is -0.349 e. The first-order chi connectivity index (χ1) is 11.2. The Kier molecular flexibility index (Phi) is 16.8. The fourth-order valence-electron chi connectivity index (χ4n) is 2.79. The molecule has 0 fully saturated rings. The monoisotopic (exact) mass is 325 g/mol. The van der Waals surface area contributed by atoms with Crippen LogP contribution in [0.25, 0.3) is 0 Å². The molecule has 0 aliphatic heterocycles. The van der Waals surface area contributed by atoms with Crippen molar-refractivity contribution in [1.82, 2.24) is 5.32 Å². The second kappa shape index (κ2) is 17.5.